The van der Waals surface area contributed by atoms with E-state index in [0.717, 1.165) is 18.5 Å². The highest BCUT2D eigenvalue weighted by Crippen LogP contribution is 2.33. The van der Waals surface area contributed by atoms with Crippen LogP contribution in [-0.4, -0.2) is 39.9 Å². The van der Waals surface area contributed by atoms with Gasteiger partial charge in [-0.1, -0.05) is 37.2 Å². The highest BCUT2D eigenvalue weighted by atomic mass is 32.2. The number of rotatable bonds is 9. The number of fused-ring (bicyclic) bond motifs is 1. The van der Waals surface area contributed by atoms with E-state index in [4.69, 9.17) is 9.47 Å². The number of carbonyl (C=O) groups is 1. The number of esters is 1. The summed E-state index contributed by atoms with van der Waals surface area (Å²) in [7, 11) is 1.57. The van der Waals surface area contributed by atoms with E-state index in [2.05, 4.69) is 4.98 Å². The van der Waals surface area contributed by atoms with Gasteiger partial charge in [0, 0.05) is 12.1 Å². The van der Waals surface area contributed by atoms with Crippen LogP contribution >= 0.6 is 11.8 Å². The smallest absolute Gasteiger partial charge is 0.316 e. The molecule has 1 aromatic heterocycles. The third-order valence-corrected chi connectivity index (χ3v) is 5.14. The molecule has 8 nitrogen and oxygen atoms in total. The Bertz CT molecular complexity index is 1030. The average molecular weight is 415 g/mol. The fourth-order valence-corrected chi connectivity index (χ4v) is 3.62. The summed E-state index contributed by atoms with van der Waals surface area (Å²) >= 11 is 1.22. The molecule has 0 bridgehead atoms. The topological polar surface area (TPSA) is 96.5 Å². The Kier molecular flexibility index (Phi) is 6.71. The second kappa shape index (κ2) is 9.42. The van der Waals surface area contributed by atoms with E-state index in [9.17, 15) is 14.9 Å². The van der Waals surface area contributed by atoms with Crippen molar-refractivity contribution >= 4 is 34.5 Å². The van der Waals surface area contributed by atoms with Gasteiger partial charge in [0.25, 0.3) is 5.69 Å². The zero-order chi connectivity index (χ0) is 20.8. The van der Waals surface area contributed by atoms with Gasteiger partial charge in [-0.05, 0) is 24.6 Å². The number of ether oxygens (including phenoxy) is 2. The Morgan fingerprint density at radius 1 is 1.28 bits per heavy atom. The standard InChI is InChI=1S/C20H21N3O5S/c1-3-4-11-28-19(24)13-29-20-21-15-12-14(23(25)26)9-10-16(15)22(20)17-7-5-6-8-18(17)27-2/h5-10,12H,3-4,11,13H2,1-2H3. The number of para-hydroxylation sites is 2. The molecule has 0 aliphatic carbocycles. The quantitative estimate of drug-likeness (QED) is 0.168. The van der Waals surface area contributed by atoms with Gasteiger partial charge in [0.1, 0.15) is 5.75 Å². The van der Waals surface area contributed by atoms with Crippen molar-refractivity contribution < 1.29 is 19.2 Å². The molecule has 0 saturated heterocycles. The summed E-state index contributed by atoms with van der Waals surface area (Å²) in [6.45, 7) is 2.42. The molecule has 152 valence electrons. The Morgan fingerprint density at radius 3 is 2.79 bits per heavy atom. The zero-order valence-corrected chi connectivity index (χ0v) is 17.0. The maximum atomic E-state index is 12.0. The summed E-state index contributed by atoms with van der Waals surface area (Å²) in [5.74, 6) is 0.384. The van der Waals surface area contributed by atoms with Gasteiger partial charge in [-0.25, -0.2) is 4.98 Å². The lowest BCUT2D eigenvalue weighted by atomic mass is 10.2. The van der Waals surface area contributed by atoms with Crippen LogP contribution in [0, 0.1) is 10.1 Å². The number of methoxy groups -OCH3 is 1. The number of unbranched alkanes of at least 4 members (excludes halogenated alkanes) is 1. The average Bonchev–Trinajstić information content (AvgIpc) is 3.09. The van der Waals surface area contributed by atoms with E-state index in [1.54, 1.807) is 13.2 Å². The van der Waals surface area contributed by atoms with Gasteiger partial charge in [0.15, 0.2) is 5.16 Å². The predicted molar refractivity (Wildman–Crippen MR) is 111 cm³/mol. The predicted octanol–water partition coefficient (Wildman–Crippen LogP) is 4.38. The maximum Gasteiger partial charge on any atom is 0.316 e. The van der Waals surface area contributed by atoms with E-state index in [1.165, 1.54) is 23.9 Å². The molecule has 0 unspecified atom stereocenters. The SMILES string of the molecule is CCCCOC(=O)CSc1nc2cc([N+](=O)[O-])ccc2n1-c1ccccc1OC. The molecule has 0 saturated carbocycles. The van der Waals surface area contributed by atoms with Crippen molar-refractivity contribution in [3.63, 3.8) is 0 Å². The Labute approximate surface area is 172 Å². The van der Waals surface area contributed by atoms with Crippen molar-refractivity contribution in [2.45, 2.75) is 24.9 Å². The van der Waals surface area contributed by atoms with Gasteiger partial charge in [-0.2, -0.15) is 0 Å². The molecular weight excluding hydrogens is 394 g/mol. The third-order valence-electron chi connectivity index (χ3n) is 4.22. The Morgan fingerprint density at radius 2 is 2.07 bits per heavy atom. The summed E-state index contributed by atoms with van der Waals surface area (Å²) in [5.41, 5.74) is 1.83. The van der Waals surface area contributed by atoms with E-state index in [1.807, 2.05) is 35.8 Å². The first-order valence-corrected chi connectivity index (χ1v) is 10.1. The molecule has 0 aliphatic heterocycles. The highest BCUT2D eigenvalue weighted by Gasteiger charge is 2.19. The number of thioether (sulfide) groups is 1. The normalized spacial score (nSPS) is 10.8. The number of imidazole rings is 1. The molecular formula is C20H21N3O5S. The molecule has 3 rings (SSSR count). The summed E-state index contributed by atoms with van der Waals surface area (Å²) in [6, 6.07) is 11.9. The largest absolute Gasteiger partial charge is 0.495 e. The van der Waals surface area contributed by atoms with Crippen molar-refractivity contribution in [3.8, 4) is 11.4 Å². The number of aromatic nitrogens is 2. The van der Waals surface area contributed by atoms with Crippen LogP contribution in [0.3, 0.4) is 0 Å². The molecule has 0 radical (unpaired) electrons. The second-order valence-corrected chi connectivity index (χ2v) is 7.14. The molecule has 2 aromatic carbocycles. The van der Waals surface area contributed by atoms with E-state index in [-0.39, 0.29) is 17.4 Å². The third kappa shape index (κ3) is 4.68. The molecule has 0 fully saturated rings. The Balaban J connectivity index is 2.00. The minimum atomic E-state index is -0.459. The van der Waals surface area contributed by atoms with E-state index in [0.29, 0.717) is 28.5 Å². The highest BCUT2D eigenvalue weighted by molar-refractivity contribution is 7.99. The first-order chi connectivity index (χ1) is 14.0. The van der Waals surface area contributed by atoms with Gasteiger partial charge in [0.05, 0.1) is 41.1 Å². The summed E-state index contributed by atoms with van der Waals surface area (Å²) in [4.78, 5) is 27.2. The van der Waals surface area contributed by atoms with Crippen LogP contribution in [0.5, 0.6) is 5.75 Å². The van der Waals surface area contributed by atoms with Crippen molar-refractivity contribution in [3.05, 3.63) is 52.6 Å². The first-order valence-electron chi connectivity index (χ1n) is 9.13. The van der Waals surface area contributed by atoms with Crippen molar-refractivity contribution in [2.75, 3.05) is 19.5 Å². The van der Waals surface area contributed by atoms with Crippen LogP contribution < -0.4 is 4.74 Å². The number of nitro groups is 1. The second-order valence-electron chi connectivity index (χ2n) is 6.19. The van der Waals surface area contributed by atoms with Crippen molar-refractivity contribution in [1.82, 2.24) is 9.55 Å². The van der Waals surface area contributed by atoms with Crippen LogP contribution in [0.2, 0.25) is 0 Å². The van der Waals surface area contributed by atoms with Crippen LogP contribution in [0.1, 0.15) is 19.8 Å². The summed E-state index contributed by atoms with van der Waals surface area (Å²) in [5, 5.41) is 11.7. The number of hydrogen-bond acceptors (Lipinski definition) is 7. The minimum Gasteiger partial charge on any atom is -0.495 e. The zero-order valence-electron chi connectivity index (χ0n) is 16.2. The van der Waals surface area contributed by atoms with Crippen LogP contribution in [0.4, 0.5) is 5.69 Å². The van der Waals surface area contributed by atoms with Gasteiger partial charge in [-0.15, -0.1) is 0 Å². The number of nitro benzene ring substituents is 1. The molecule has 3 aromatic rings. The van der Waals surface area contributed by atoms with Crippen LogP contribution in [0.25, 0.3) is 16.7 Å². The van der Waals surface area contributed by atoms with Crippen LogP contribution in [0.15, 0.2) is 47.6 Å². The maximum absolute atomic E-state index is 12.0. The van der Waals surface area contributed by atoms with Gasteiger partial charge >= 0.3 is 5.97 Å². The van der Waals surface area contributed by atoms with Gasteiger partial charge in [-0.3, -0.25) is 19.5 Å². The Hall–Kier alpha value is -3.07. The molecule has 0 spiro atoms. The first kappa shape index (κ1) is 20.7. The van der Waals surface area contributed by atoms with Crippen molar-refractivity contribution in [1.29, 1.82) is 0 Å². The van der Waals surface area contributed by atoms with Crippen LogP contribution in [-0.2, 0) is 9.53 Å². The lowest BCUT2D eigenvalue weighted by Gasteiger charge is -2.12. The van der Waals surface area contributed by atoms with E-state index >= 15 is 0 Å². The van der Waals surface area contributed by atoms with Gasteiger partial charge in [0.2, 0.25) is 0 Å². The summed E-state index contributed by atoms with van der Waals surface area (Å²) < 4.78 is 12.5. The molecule has 0 amide bonds. The molecule has 0 N–H and O–H groups in total. The lowest BCUT2D eigenvalue weighted by molar-refractivity contribution is -0.384. The van der Waals surface area contributed by atoms with E-state index < -0.39 is 4.92 Å². The van der Waals surface area contributed by atoms with Crippen molar-refractivity contribution in [2.24, 2.45) is 0 Å². The molecule has 29 heavy (non-hydrogen) atoms. The number of carbonyl (C=O) groups excluding carboxylic acids is 1. The summed E-state index contributed by atoms with van der Waals surface area (Å²) in [6.07, 6.45) is 1.77. The fourth-order valence-electron chi connectivity index (χ4n) is 2.80. The molecule has 9 heteroatoms. The molecule has 1 heterocycles. The number of benzene rings is 2. The lowest BCUT2D eigenvalue weighted by Crippen LogP contribution is -2.09. The number of non-ortho nitro benzene ring substituents is 1. The number of nitrogens with zero attached hydrogens (tertiary/aromatic N) is 3. The van der Waals surface area contributed by atoms with Gasteiger partial charge < -0.3 is 9.47 Å². The monoisotopic (exact) mass is 415 g/mol. The minimum absolute atomic E-state index is 0.0438. The molecule has 0 aliphatic rings. The molecule has 0 atom stereocenters. The fraction of sp³-hybridized carbons (Fsp3) is 0.300. The number of hydrogen-bond donors (Lipinski definition) is 0.